The highest BCUT2D eigenvalue weighted by Crippen LogP contribution is 2.42. The molecule has 0 radical (unpaired) electrons. The summed E-state index contributed by atoms with van der Waals surface area (Å²) in [5, 5.41) is 0. The monoisotopic (exact) mass is 191 g/mol. The van der Waals surface area contributed by atoms with E-state index in [2.05, 4.69) is 12.1 Å². The highest BCUT2D eigenvalue weighted by molar-refractivity contribution is 5.46. The second-order valence-corrected chi connectivity index (χ2v) is 3.91. The molecule has 3 nitrogen and oxygen atoms in total. The van der Waals surface area contributed by atoms with Gasteiger partial charge < -0.3 is 15.2 Å². The predicted octanol–water partition coefficient (Wildman–Crippen LogP) is 1.27. The molecule has 1 heterocycles. The summed E-state index contributed by atoms with van der Waals surface area (Å²) in [6.45, 7) is 1.29. The number of ether oxygens (including phenoxy) is 2. The molecule has 1 saturated carbocycles. The van der Waals surface area contributed by atoms with Crippen LogP contribution in [0.3, 0.4) is 0 Å². The lowest BCUT2D eigenvalue weighted by atomic mass is 10.1. The maximum absolute atomic E-state index is 5.80. The van der Waals surface area contributed by atoms with Crippen LogP contribution in [-0.2, 0) is 0 Å². The molecule has 1 aromatic carbocycles. The molecule has 1 fully saturated rings. The van der Waals surface area contributed by atoms with E-state index < -0.39 is 0 Å². The first-order chi connectivity index (χ1) is 6.84. The van der Waals surface area contributed by atoms with Crippen LogP contribution in [-0.4, -0.2) is 19.3 Å². The minimum absolute atomic E-state index is 0.345. The summed E-state index contributed by atoms with van der Waals surface area (Å²) < 4.78 is 11.0. The zero-order valence-electron chi connectivity index (χ0n) is 7.90. The summed E-state index contributed by atoms with van der Waals surface area (Å²) in [6, 6.07) is 6.48. The average molecular weight is 191 g/mol. The van der Waals surface area contributed by atoms with Gasteiger partial charge in [-0.05, 0) is 24.1 Å². The van der Waals surface area contributed by atoms with Crippen molar-refractivity contribution in [1.29, 1.82) is 0 Å². The lowest BCUT2D eigenvalue weighted by Gasteiger charge is -2.18. The van der Waals surface area contributed by atoms with Gasteiger partial charge in [0, 0.05) is 12.0 Å². The summed E-state index contributed by atoms with van der Waals surface area (Å²) in [7, 11) is 0. The fourth-order valence-corrected chi connectivity index (χ4v) is 1.89. The van der Waals surface area contributed by atoms with Gasteiger partial charge in [-0.1, -0.05) is 6.07 Å². The molecular weight excluding hydrogens is 178 g/mol. The third kappa shape index (κ3) is 1.24. The third-order valence-electron chi connectivity index (χ3n) is 2.83. The summed E-state index contributed by atoms with van der Waals surface area (Å²) in [5.74, 6) is 2.26. The predicted molar refractivity (Wildman–Crippen MR) is 52.8 cm³/mol. The van der Waals surface area contributed by atoms with Crippen molar-refractivity contribution in [2.75, 3.05) is 13.2 Å². The number of rotatable bonds is 1. The quantitative estimate of drug-likeness (QED) is 0.727. The Morgan fingerprint density at radius 1 is 1.14 bits per heavy atom. The zero-order chi connectivity index (χ0) is 9.54. The summed E-state index contributed by atoms with van der Waals surface area (Å²) in [4.78, 5) is 0. The van der Waals surface area contributed by atoms with Crippen LogP contribution in [0.15, 0.2) is 18.2 Å². The molecule has 0 aromatic heterocycles. The van der Waals surface area contributed by atoms with Gasteiger partial charge in [0.1, 0.15) is 13.2 Å². The van der Waals surface area contributed by atoms with Crippen LogP contribution in [0.25, 0.3) is 0 Å². The average Bonchev–Trinajstić information content (AvgIpc) is 2.95. The van der Waals surface area contributed by atoms with Crippen molar-refractivity contribution in [3.8, 4) is 11.5 Å². The van der Waals surface area contributed by atoms with E-state index in [1.165, 1.54) is 5.56 Å². The smallest absolute Gasteiger partial charge is 0.161 e. The zero-order valence-corrected chi connectivity index (χ0v) is 7.90. The van der Waals surface area contributed by atoms with Gasteiger partial charge in [-0.3, -0.25) is 0 Å². The molecular formula is C11H13NO2. The Hall–Kier alpha value is -1.22. The number of fused-ring (bicyclic) bond motifs is 1. The van der Waals surface area contributed by atoms with Crippen molar-refractivity contribution in [3.05, 3.63) is 23.8 Å². The maximum Gasteiger partial charge on any atom is 0.161 e. The van der Waals surface area contributed by atoms with Crippen LogP contribution in [0.5, 0.6) is 11.5 Å². The molecule has 74 valence electrons. The topological polar surface area (TPSA) is 44.5 Å². The first-order valence-electron chi connectivity index (χ1n) is 5.00. The Balaban J connectivity index is 1.93. The SMILES string of the molecule is N[C@@H]1C[C@H]1c1ccc2c(c1)OCCO2. The molecule has 2 atom stereocenters. The van der Waals surface area contributed by atoms with Crippen molar-refractivity contribution in [2.45, 2.75) is 18.4 Å². The van der Waals surface area contributed by atoms with Gasteiger partial charge in [-0.25, -0.2) is 0 Å². The van der Waals surface area contributed by atoms with Crippen molar-refractivity contribution in [3.63, 3.8) is 0 Å². The van der Waals surface area contributed by atoms with Crippen molar-refractivity contribution >= 4 is 0 Å². The Morgan fingerprint density at radius 2 is 1.86 bits per heavy atom. The highest BCUT2D eigenvalue weighted by atomic mass is 16.6. The van der Waals surface area contributed by atoms with E-state index in [0.29, 0.717) is 25.2 Å². The van der Waals surface area contributed by atoms with Gasteiger partial charge in [0.15, 0.2) is 11.5 Å². The molecule has 1 aliphatic heterocycles. The van der Waals surface area contributed by atoms with Crippen LogP contribution >= 0.6 is 0 Å². The molecule has 0 spiro atoms. The van der Waals surface area contributed by atoms with Crippen molar-refractivity contribution < 1.29 is 9.47 Å². The fourth-order valence-electron chi connectivity index (χ4n) is 1.89. The van der Waals surface area contributed by atoms with Gasteiger partial charge in [0.05, 0.1) is 0 Å². The molecule has 0 saturated heterocycles. The van der Waals surface area contributed by atoms with E-state index in [9.17, 15) is 0 Å². The fraction of sp³-hybridized carbons (Fsp3) is 0.455. The molecule has 1 aromatic rings. The number of hydrogen-bond donors (Lipinski definition) is 1. The minimum Gasteiger partial charge on any atom is -0.486 e. The molecule has 3 heteroatoms. The lowest BCUT2D eigenvalue weighted by Crippen LogP contribution is -2.15. The van der Waals surface area contributed by atoms with Gasteiger partial charge in [0.2, 0.25) is 0 Å². The summed E-state index contributed by atoms with van der Waals surface area (Å²) in [6.07, 6.45) is 1.10. The number of hydrogen-bond acceptors (Lipinski definition) is 3. The second kappa shape index (κ2) is 2.89. The molecule has 2 aliphatic rings. The molecule has 0 bridgehead atoms. The van der Waals surface area contributed by atoms with Gasteiger partial charge in [-0.15, -0.1) is 0 Å². The molecule has 2 N–H and O–H groups in total. The Bertz CT molecular complexity index is 364. The maximum atomic E-state index is 5.80. The van der Waals surface area contributed by atoms with Gasteiger partial charge in [-0.2, -0.15) is 0 Å². The lowest BCUT2D eigenvalue weighted by molar-refractivity contribution is 0.171. The van der Waals surface area contributed by atoms with E-state index in [1.807, 2.05) is 6.07 Å². The number of benzene rings is 1. The molecule has 3 rings (SSSR count). The number of nitrogens with two attached hydrogens (primary N) is 1. The van der Waals surface area contributed by atoms with Gasteiger partial charge >= 0.3 is 0 Å². The summed E-state index contributed by atoms with van der Waals surface area (Å²) >= 11 is 0. The minimum atomic E-state index is 0.345. The first kappa shape index (κ1) is 8.12. The normalized spacial score (nSPS) is 28.6. The van der Waals surface area contributed by atoms with Crippen LogP contribution in [0.4, 0.5) is 0 Å². The molecule has 1 aliphatic carbocycles. The molecule has 0 unspecified atom stereocenters. The van der Waals surface area contributed by atoms with E-state index in [-0.39, 0.29) is 0 Å². The van der Waals surface area contributed by atoms with E-state index >= 15 is 0 Å². The van der Waals surface area contributed by atoms with E-state index in [4.69, 9.17) is 15.2 Å². The Labute approximate surface area is 82.8 Å². The Kier molecular flexibility index (Phi) is 1.67. The van der Waals surface area contributed by atoms with Gasteiger partial charge in [0.25, 0.3) is 0 Å². The standard InChI is InChI=1S/C11H13NO2/c12-9-6-8(9)7-1-2-10-11(5-7)14-4-3-13-10/h1-2,5,8-9H,3-4,6,12H2/t8-,9+/m0/s1. The third-order valence-corrected chi connectivity index (χ3v) is 2.83. The van der Waals surface area contributed by atoms with Crippen LogP contribution in [0.2, 0.25) is 0 Å². The van der Waals surface area contributed by atoms with Crippen LogP contribution in [0.1, 0.15) is 17.9 Å². The van der Waals surface area contributed by atoms with Crippen molar-refractivity contribution in [1.82, 2.24) is 0 Å². The molecule has 0 amide bonds. The second-order valence-electron chi connectivity index (χ2n) is 3.91. The van der Waals surface area contributed by atoms with Crippen LogP contribution < -0.4 is 15.2 Å². The largest absolute Gasteiger partial charge is 0.486 e. The molecule has 14 heavy (non-hydrogen) atoms. The Morgan fingerprint density at radius 3 is 2.57 bits per heavy atom. The van der Waals surface area contributed by atoms with E-state index in [1.54, 1.807) is 0 Å². The van der Waals surface area contributed by atoms with Crippen LogP contribution in [0, 0.1) is 0 Å². The van der Waals surface area contributed by atoms with Crippen molar-refractivity contribution in [2.24, 2.45) is 5.73 Å². The van der Waals surface area contributed by atoms with E-state index in [0.717, 1.165) is 17.9 Å². The first-order valence-corrected chi connectivity index (χ1v) is 5.00. The highest BCUT2D eigenvalue weighted by Gasteiger charge is 2.35. The summed E-state index contributed by atoms with van der Waals surface area (Å²) in [5.41, 5.74) is 7.08.